The van der Waals surface area contributed by atoms with Crippen molar-refractivity contribution in [3.05, 3.63) is 48.3 Å². The van der Waals surface area contributed by atoms with Gasteiger partial charge >= 0.3 is 5.97 Å². The number of likely N-dealkylation sites (tertiary alicyclic amines) is 1. The summed E-state index contributed by atoms with van der Waals surface area (Å²) < 4.78 is 20.8. The van der Waals surface area contributed by atoms with Crippen molar-refractivity contribution >= 4 is 11.9 Å². The molecule has 0 atom stereocenters. The van der Waals surface area contributed by atoms with Gasteiger partial charge in [0.05, 0.1) is 25.0 Å². The summed E-state index contributed by atoms with van der Waals surface area (Å²) in [7, 11) is 3.14. The lowest BCUT2D eigenvalue weighted by molar-refractivity contribution is -0.146. The number of benzene rings is 1. The highest BCUT2D eigenvalue weighted by molar-refractivity contribution is 5.80. The van der Waals surface area contributed by atoms with Crippen molar-refractivity contribution < 1.29 is 13.9 Å². The van der Waals surface area contributed by atoms with Gasteiger partial charge in [-0.1, -0.05) is 6.07 Å². The van der Waals surface area contributed by atoms with Crippen LogP contribution in [0.5, 0.6) is 0 Å². The van der Waals surface area contributed by atoms with Gasteiger partial charge in [-0.25, -0.2) is 9.37 Å². The third-order valence-electron chi connectivity index (χ3n) is 4.79. The number of halogens is 1. The highest BCUT2D eigenvalue weighted by atomic mass is 19.1. The van der Waals surface area contributed by atoms with E-state index in [-0.39, 0.29) is 17.7 Å². The summed E-state index contributed by atoms with van der Waals surface area (Å²) in [5, 5.41) is 3.27. The van der Waals surface area contributed by atoms with Crippen LogP contribution in [0, 0.1) is 11.7 Å². The van der Waals surface area contributed by atoms with Gasteiger partial charge in [0.15, 0.2) is 5.96 Å². The van der Waals surface area contributed by atoms with Gasteiger partial charge in [0.2, 0.25) is 0 Å². The van der Waals surface area contributed by atoms with Crippen LogP contribution < -0.4 is 5.32 Å². The van der Waals surface area contributed by atoms with Crippen molar-refractivity contribution in [2.75, 3.05) is 27.2 Å². The number of guanidine groups is 1. The van der Waals surface area contributed by atoms with Gasteiger partial charge in [0, 0.05) is 39.1 Å². The molecule has 0 bridgehead atoms. The molecule has 0 saturated carbocycles. The van der Waals surface area contributed by atoms with Gasteiger partial charge in [-0.15, -0.1) is 0 Å². The Hall–Kier alpha value is -2.90. The lowest BCUT2D eigenvalue weighted by atomic mass is 9.97. The summed E-state index contributed by atoms with van der Waals surface area (Å²) in [5.41, 5.74) is 1.28. The number of carbonyl (C=O) groups excluding carboxylic acids is 1. The Labute approximate surface area is 157 Å². The van der Waals surface area contributed by atoms with Crippen LogP contribution >= 0.6 is 0 Å². The first kappa shape index (κ1) is 18.9. The van der Waals surface area contributed by atoms with Crippen molar-refractivity contribution in [3.63, 3.8) is 0 Å². The molecule has 0 aliphatic carbocycles. The summed E-state index contributed by atoms with van der Waals surface area (Å²) in [5.74, 6) is 0.249. The monoisotopic (exact) mass is 373 g/mol. The number of carbonyl (C=O) groups is 1. The van der Waals surface area contributed by atoms with Crippen LogP contribution in [0.1, 0.15) is 18.4 Å². The Morgan fingerprint density at radius 1 is 1.41 bits per heavy atom. The number of nitrogens with zero attached hydrogens (tertiary/aromatic N) is 4. The molecule has 1 aromatic heterocycles. The number of aromatic nitrogens is 2. The number of ether oxygens (including phenoxy) is 1. The molecule has 0 amide bonds. The first-order valence-electron chi connectivity index (χ1n) is 8.92. The summed E-state index contributed by atoms with van der Waals surface area (Å²) in [4.78, 5) is 22.0. The first-order chi connectivity index (χ1) is 13.1. The minimum Gasteiger partial charge on any atom is -0.469 e. The van der Waals surface area contributed by atoms with Crippen molar-refractivity contribution in [2.45, 2.75) is 19.4 Å². The normalized spacial score (nSPS) is 15.7. The van der Waals surface area contributed by atoms with Crippen LogP contribution in [0.3, 0.4) is 0 Å². The summed E-state index contributed by atoms with van der Waals surface area (Å²) in [6.45, 7) is 1.92. The number of nitrogens with one attached hydrogen (secondary N) is 1. The molecule has 1 N–H and O–H groups in total. The minimum atomic E-state index is -0.304. The van der Waals surface area contributed by atoms with Gasteiger partial charge in [0.1, 0.15) is 5.82 Å². The molecule has 1 aliphatic rings. The van der Waals surface area contributed by atoms with E-state index in [9.17, 15) is 9.18 Å². The average Bonchev–Trinajstić information content (AvgIpc) is 3.23. The molecule has 1 aromatic carbocycles. The number of piperidine rings is 1. The van der Waals surface area contributed by atoms with E-state index in [2.05, 4.69) is 20.2 Å². The molecule has 0 unspecified atom stereocenters. The van der Waals surface area contributed by atoms with Gasteiger partial charge in [-0.2, -0.15) is 0 Å². The minimum absolute atomic E-state index is 0.0471. The van der Waals surface area contributed by atoms with Crippen LogP contribution in [-0.2, 0) is 16.1 Å². The Balaban J connectivity index is 1.57. The number of hydrogen-bond donors (Lipinski definition) is 1. The standard InChI is InChI=1S/C19H24FN5O2/c1-21-19(24-8-5-15(6-9-24)18(26)27-2)23-12-14-3-4-17(16(20)11-14)25-10-7-22-13-25/h3-4,7,10-11,13,15H,5-6,8-9,12H2,1-2H3,(H,21,23). The van der Waals surface area contributed by atoms with E-state index in [4.69, 9.17) is 4.74 Å². The SMILES string of the molecule is CN=C(NCc1ccc(-n2ccnc2)c(F)c1)N1CCC(C(=O)OC)CC1. The zero-order chi connectivity index (χ0) is 19.2. The maximum Gasteiger partial charge on any atom is 0.308 e. The summed E-state index contributed by atoms with van der Waals surface area (Å²) in [6.07, 6.45) is 6.36. The van der Waals surface area contributed by atoms with Crippen LogP contribution in [0.25, 0.3) is 5.69 Å². The number of imidazole rings is 1. The van der Waals surface area contributed by atoms with Crippen LogP contribution in [0.15, 0.2) is 41.9 Å². The van der Waals surface area contributed by atoms with E-state index < -0.39 is 0 Å². The molecular formula is C19H24FN5O2. The second-order valence-electron chi connectivity index (χ2n) is 6.44. The zero-order valence-electron chi connectivity index (χ0n) is 15.6. The molecule has 27 heavy (non-hydrogen) atoms. The molecule has 7 nitrogen and oxygen atoms in total. The molecule has 144 valence electrons. The molecule has 2 aromatic rings. The van der Waals surface area contributed by atoms with Crippen LogP contribution in [0.2, 0.25) is 0 Å². The van der Waals surface area contributed by atoms with Crippen molar-refractivity contribution in [2.24, 2.45) is 10.9 Å². The quantitative estimate of drug-likeness (QED) is 0.504. The average molecular weight is 373 g/mol. The van der Waals surface area contributed by atoms with Gasteiger partial charge in [-0.3, -0.25) is 9.79 Å². The van der Waals surface area contributed by atoms with E-state index >= 15 is 0 Å². The van der Waals surface area contributed by atoms with E-state index in [0.29, 0.717) is 12.2 Å². The lowest BCUT2D eigenvalue weighted by Crippen LogP contribution is -2.46. The predicted octanol–water partition coefficient (Wildman–Crippen LogP) is 1.97. The van der Waals surface area contributed by atoms with Crippen LogP contribution in [0.4, 0.5) is 4.39 Å². The molecule has 8 heteroatoms. The molecule has 2 heterocycles. The molecule has 1 fully saturated rings. The largest absolute Gasteiger partial charge is 0.469 e. The van der Waals surface area contributed by atoms with Crippen LogP contribution in [-0.4, -0.2) is 53.6 Å². The third kappa shape index (κ3) is 4.45. The van der Waals surface area contributed by atoms with E-state index in [1.54, 1.807) is 36.4 Å². The Kier molecular flexibility index (Phi) is 6.05. The third-order valence-corrected chi connectivity index (χ3v) is 4.79. The van der Waals surface area contributed by atoms with Gasteiger partial charge in [0.25, 0.3) is 0 Å². The Morgan fingerprint density at radius 2 is 2.19 bits per heavy atom. The highest BCUT2D eigenvalue weighted by Crippen LogP contribution is 2.19. The topological polar surface area (TPSA) is 71.8 Å². The maximum atomic E-state index is 14.4. The fraction of sp³-hybridized carbons (Fsp3) is 0.421. The smallest absolute Gasteiger partial charge is 0.308 e. The number of hydrogen-bond acceptors (Lipinski definition) is 4. The molecule has 1 aliphatic heterocycles. The highest BCUT2D eigenvalue weighted by Gasteiger charge is 2.26. The maximum absolute atomic E-state index is 14.4. The number of methoxy groups -OCH3 is 1. The fourth-order valence-corrected chi connectivity index (χ4v) is 3.28. The Morgan fingerprint density at radius 3 is 2.78 bits per heavy atom. The second kappa shape index (κ2) is 8.66. The zero-order valence-corrected chi connectivity index (χ0v) is 15.6. The molecule has 0 spiro atoms. The number of rotatable bonds is 4. The van der Waals surface area contributed by atoms with Crippen molar-refractivity contribution in [1.29, 1.82) is 0 Å². The first-order valence-corrected chi connectivity index (χ1v) is 8.92. The number of aliphatic imine (C=N–C) groups is 1. The summed E-state index contributed by atoms with van der Waals surface area (Å²) >= 11 is 0. The Bertz CT molecular complexity index is 798. The van der Waals surface area contributed by atoms with Crippen molar-refractivity contribution in [3.8, 4) is 5.69 Å². The molecule has 3 rings (SSSR count). The van der Waals surface area contributed by atoms with E-state index in [1.807, 2.05) is 6.07 Å². The predicted molar refractivity (Wildman–Crippen MR) is 100 cm³/mol. The molecular weight excluding hydrogens is 349 g/mol. The lowest BCUT2D eigenvalue weighted by Gasteiger charge is -2.33. The van der Waals surface area contributed by atoms with E-state index in [1.165, 1.54) is 13.2 Å². The fourth-order valence-electron chi connectivity index (χ4n) is 3.28. The van der Waals surface area contributed by atoms with Gasteiger partial charge < -0.3 is 19.5 Å². The number of esters is 1. The molecule has 0 radical (unpaired) electrons. The van der Waals surface area contributed by atoms with Crippen molar-refractivity contribution in [1.82, 2.24) is 19.8 Å². The molecule has 1 saturated heterocycles. The summed E-state index contributed by atoms with van der Waals surface area (Å²) in [6, 6.07) is 5.12. The van der Waals surface area contributed by atoms with E-state index in [0.717, 1.165) is 37.5 Å². The second-order valence-corrected chi connectivity index (χ2v) is 6.44. The van der Waals surface area contributed by atoms with Gasteiger partial charge in [-0.05, 0) is 30.5 Å².